The van der Waals surface area contributed by atoms with Gasteiger partial charge in [-0.05, 0) is 5.56 Å². The number of rotatable bonds is 4. The molecule has 76 valence electrons. The molecule has 2 atom stereocenters. The Bertz CT molecular complexity index is 282. The van der Waals surface area contributed by atoms with Gasteiger partial charge >= 0.3 is 0 Å². The predicted octanol–water partition coefficient (Wildman–Crippen LogP) is 0.629. The van der Waals surface area contributed by atoms with Crippen LogP contribution in [0.4, 0.5) is 0 Å². The molecule has 1 rings (SSSR count). The average Bonchev–Trinajstić information content (AvgIpc) is 2.26. The highest BCUT2D eigenvalue weighted by molar-refractivity contribution is 5.19. The highest BCUT2D eigenvalue weighted by Gasteiger charge is 2.14. The molecule has 14 heavy (non-hydrogen) atoms. The number of aliphatic hydroxyl groups excluding tert-OH is 3. The van der Waals surface area contributed by atoms with E-state index < -0.39 is 12.2 Å². The summed E-state index contributed by atoms with van der Waals surface area (Å²) in [5.41, 5.74) is 0.655. The van der Waals surface area contributed by atoms with Crippen LogP contribution < -0.4 is 0 Å². The highest BCUT2D eigenvalue weighted by atomic mass is 16.3. The van der Waals surface area contributed by atoms with Crippen molar-refractivity contribution in [3.05, 3.63) is 48.0 Å². The van der Waals surface area contributed by atoms with E-state index in [1.165, 1.54) is 12.2 Å². The lowest BCUT2D eigenvalue weighted by Crippen LogP contribution is -2.15. The molecule has 0 amide bonds. The lowest BCUT2D eigenvalue weighted by atomic mass is 10.0. The van der Waals surface area contributed by atoms with E-state index >= 15 is 0 Å². The fourth-order valence-corrected chi connectivity index (χ4v) is 1.15. The van der Waals surface area contributed by atoms with Crippen molar-refractivity contribution in [3.8, 4) is 0 Å². The molecule has 1 aromatic rings. The minimum atomic E-state index is -0.982. The van der Waals surface area contributed by atoms with Crippen LogP contribution in [0.5, 0.6) is 0 Å². The second kappa shape index (κ2) is 5.54. The van der Waals surface area contributed by atoms with Crippen LogP contribution in [-0.2, 0) is 0 Å². The van der Waals surface area contributed by atoms with E-state index in [0.29, 0.717) is 5.56 Å². The van der Waals surface area contributed by atoms with Crippen LogP contribution in [0.15, 0.2) is 42.5 Å². The standard InChI is InChI=1S/C11H14O3/c12-8-4-7-10(13)11(14)9-5-2-1-3-6-9/h1-7,10-14H,8H2/b7-4+/t10-,11-/m1/s1. The maximum atomic E-state index is 9.63. The molecule has 0 aromatic heterocycles. The number of benzene rings is 1. The molecule has 1 aromatic carbocycles. The fraction of sp³-hybridized carbons (Fsp3) is 0.273. The van der Waals surface area contributed by atoms with Crippen molar-refractivity contribution in [2.24, 2.45) is 0 Å². The van der Waals surface area contributed by atoms with Gasteiger partial charge in [-0.2, -0.15) is 0 Å². The molecule has 3 heteroatoms. The molecule has 3 nitrogen and oxygen atoms in total. The van der Waals surface area contributed by atoms with Crippen LogP contribution in [-0.4, -0.2) is 28.0 Å². The van der Waals surface area contributed by atoms with E-state index in [2.05, 4.69) is 0 Å². The van der Waals surface area contributed by atoms with Crippen molar-refractivity contribution < 1.29 is 15.3 Å². The SMILES string of the molecule is OC/C=C/[C@@H](O)[C@H](O)c1ccccc1. The lowest BCUT2D eigenvalue weighted by molar-refractivity contribution is 0.0479. The van der Waals surface area contributed by atoms with Gasteiger partial charge in [-0.3, -0.25) is 0 Å². The van der Waals surface area contributed by atoms with Crippen LogP contribution in [0.25, 0.3) is 0 Å². The number of hydrogen-bond acceptors (Lipinski definition) is 3. The molecule has 0 unspecified atom stereocenters. The first-order valence-corrected chi connectivity index (χ1v) is 4.44. The molecule has 0 bridgehead atoms. The Labute approximate surface area is 82.9 Å². The van der Waals surface area contributed by atoms with Gasteiger partial charge in [-0.15, -0.1) is 0 Å². The van der Waals surface area contributed by atoms with Gasteiger partial charge in [-0.1, -0.05) is 42.5 Å². The van der Waals surface area contributed by atoms with Crippen molar-refractivity contribution in [1.82, 2.24) is 0 Å². The largest absolute Gasteiger partial charge is 0.392 e. The minimum absolute atomic E-state index is 0.140. The number of hydrogen-bond donors (Lipinski definition) is 3. The Hall–Kier alpha value is -1.16. The summed E-state index contributed by atoms with van der Waals surface area (Å²) in [6, 6.07) is 8.90. The van der Waals surface area contributed by atoms with E-state index in [0.717, 1.165) is 0 Å². The third-order valence-electron chi connectivity index (χ3n) is 1.90. The molecule has 3 N–H and O–H groups in total. The molecular weight excluding hydrogens is 180 g/mol. The van der Waals surface area contributed by atoms with Crippen LogP contribution in [0.1, 0.15) is 11.7 Å². The second-order valence-electron chi connectivity index (χ2n) is 2.96. The Morgan fingerprint density at radius 3 is 2.36 bits per heavy atom. The fourth-order valence-electron chi connectivity index (χ4n) is 1.15. The van der Waals surface area contributed by atoms with Crippen molar-refractivity contribution in [3.63, 3.8) is 0 Å². The molecule has 0 radical (unpaired) electrons. The number of aliphatic hydroxyl groups is 3. The van der Waals surface area contributed by atoms with Gasteiger partial charge in [0.25, 0.3) is 0 Å². The first-order valence-electron chi connectivity index (χ1n) is 4.44. The summed E-state index contributed by atoms with van der Waals surface area (Å²) in [6.45, 7) is -0.140. The third-order valence-corrected chi connectivity index (χ3v) is 1.90. The summed E-state index contributed by atoms with van der Waals surface area (Å²) in [5, 5.41) is 27.6. The monoisotopic (exact) mass is 194 g/mol. The van der Waals surface area contributed by atoms with Gasteiger partial charge in [0.15, 0.2) is 0 Å². The average molecular weight is 194 g/mol. The van der Waals surface area contributed by atoms with Crippen LogP contribution in [0.3, 0.4) is 0 Å². The Morgan fingerprint density at radius 1 is 1.14 bits per heavy atom. The normalized spacial score (nSPS) is 15.6. The van der Waals surface area contributed by atoms with Crippen LogP contribution in [0.2, 0.25) is 0 Å². The molecule has 0 aliphatic carbocycles. The van der Waals surface area contributed by atoms with Crippen molar-refractivity contribution in [2.75, 3.05) is 6.61 Å². The second-order valence-corrected chi connectivity index (χ2v) is 2.96. The van der Waals surface area contributed by atoms with Crippen molar-refractivity contribution in [1.29, 1.82) is 0 Å². The minimum Gasteiger partial charge on any atom is -0.392 e. The zero-order valence-corrected chi connectivity index (χ0v) is 7.74. The molecule has 0 fully saturated rings. The zero-order valence-electron chi connectivity index (χ0n) is 7.74. The van der Waals surface area contributed by atoms with Gasteiger partial charge in [0, 0.05) is 0 Å². The van der Waals surface area contributed by atoms with Gasteiger partial charge in [-0.25, -0.2) is 0 Å². The van der Waals surface area contributed by atoms with E-state index in [9.17, 15) is 10.2 Å². The molecule has 0 spiro atoms. The van der Waals surface area contributed by atoms with Crippen molar-refractivity contribution >= 4 is 0 Å². The van der Waals surface area contributed by atoms with Crippen LogP contribution >= 0.6 is 0 Å². The summed E-state index contributed by atoms with van der Waals surface area (Å²) < 4.78 is 0. The smallest absolute Gasteiger partial charge is 0.108 e. The van der Waals surface area contributed by atoms with E-state index in [1.54, 1.807) is 24.3 Å². The van der Waals surface area contributed by atoms with Gasteiger partial charge < -0.3 is 15.3 Å². The quantitative estimate of drug-likeness (QED) is 0.616. The van der Waals surface area contributed by atoms with E-state index in [1.807, 2.05) is 6.07 Å². The molecule has 0 heterocycles. The molecule has 0 aliphatic rings. The maximum Gasteiger partial charge on any atom is 0.108 e. The Morgan fingerprint density at radius 2 is 1.79 bits per heavy atom. The maximum absolute atomic E-state index is 9.63. The molecule has 0 saturated carbocycles. The van der Waals surface area contributed by atoms with Crippen molar-refractivity contribution in [2.45, 2.75) is 12.2 Å². The van der Waals surface area contributed by atoms with Crippen LogP contribution in [0, 0.1) is 0 Å². The lowest BCUT2D eigenvalue weighted by Gasteiger charge is -2.14. The van der Waals surface area contributed by atoms with Gasteiger partial charge in [0.05, 0.1) is 6.61 Å². The summed E-state index contributed by atoms with van der Waals surface area (Å²) in [4.78, 5) is 0. The predicted molar refractivity (Wildman–Crippen MR) is 53.6 cm³/mol. The first kappa shape index (κ1) is 10.9. The molecule has 0 aliphatic heterocycles. The zero-order chi connectivity index (χ0) is 10.4. The van der Waals surface area contributed by atoms with Gasteiger partial charge in [0.1, 0.15) is 12.2 Å². The highest BCUT2D eigenvalue weighted by Crippen LogP contribution is 2.16. The molecular formula is C11H14O3. The first-order chi connectivity index (χ1) is 6.75. The molecule has 0 saturated heterocycles. The van der Waals surface area contributed by atoms with Gasteiger partial charge in [0.2, 0.25) is 0 Å². The summed E-state index contributed by atoms with van der Waals surface area (Å²) in [6.07, 6.45) is 0.845. The Kier molecular flexibility index (Phi) is 4.32. The Balaban J connectivity index is 2.65. The topological polar surface area (TPSA) is 60.7 Å². The summed E-state index contributed by atoms with van der Waals surface area (Å²) in [5.74, 6) is 0. The van der Waals surface area contributed by atoms with E-state index in [-0.39, 0.29) is 6.61 Å². The van der Waals surface area contributed by atoms with E-state index in [4.69, 9.17) is 5.11 Å². The summed E-state index contributed by atoms with van der Waals surface area (Å²) >= 11 is 0. The third kappa shape index (κ3) is 2.96. The summed E-state index contributed by atoms with van der Waals surface area (Å²) in [7, 11) is 0.